The lowest BCUT2D eigenvalue weighted by Gasteiger charge is -2.10. The van der Waals surface area contributed by atoms with Gasteiger partial charge in [-0.3, -0.25) is 0 Å². The third kappa shape index (κ3) is 9.07. The van der Waals surface area contributed by atoms with Crippen LogP contribution in [0.15, 0.2) is 54.6 Å². The third-order valence-corrected chi connectivity index (χ3v) is 4.89. The minimum atomic E-state index is -0.591. The maximum Gasteiger partial charge on any atom is 0.513 e. The number of carbonyl (C=O) groups is 1. The molecule has 0 saturated carbocycles. The number of benzene rings is 2. The van der Waals surface area contributed by atoms with Crippen molar-refractivity contribution in [3.63, 3.8) is 0 Å². The second-order valence-electron chi connectivity index (χ2n) is 7.27. The number of hydrogen-bond donors (Lipinski definition) is 0. The number of rotatable bonds is 13. The highest BCUT2D eigenvalue weighted by Crippen LogP contribution is 2.20. The molecular weight excluding hydrogens is 348 g/mol. The van der Waals surface area contributed by atoms with Gasteiger partial charge in [-0.25, -0.2) is 4.79 Å². The van der Waals surface area contributed by atoms with Crippen LogP contribution in [-0.2, 0) is 17.6 Å². The van der Waals surface area contributed by atoms with E-state index in [-0.39, 0.29) is 0 Å². The second kappa shape index (κ2) is 13.8. The number of para-hydroxylation sites is 1. The molecule has 2 rings (SSSR count). The quantitative estimate of drug-likeness (QED) is 0.210. The van der Waals surface area contributed by atoms with E-state index in [1.807, 2.05) is 24.3 Å². The lowest BCUT2D eigenvalue weighted by atomic mass is 10.1. The molecule has 0 aliphatic carbocycles. The molecule has 3 nitrogen and oxygen atoms in total. The Bertz CT molecular complexity index is 667. The highest BCUT2D eigenvalue weighted by atomic mass is 16.7. The molecule has 2 aromatic carbocycles. The van der Waals surface area contributed by atoms with Gasteiger partial charge in [0.2, 0.25) is 0 Å². The maximum absolute atomic E-state index is 11.9. The summed E-state index contributed by atoms with van der Waals surface area (Å²) in [6.07, 6.45) is 10.6. The minimum Gasteiger partial charge on any atom is -0.434 e. The monoisotopic (exact) mass is 382 g/mol. The summed E-state index contributed by atoms with van der Waals surface area (Å²) in [6, 6.07) is 18.4. The van der Waals surface area contributed by atoms with Crippen molar-refractivity contribution >= 4 is 6.16 Å². The Labute approximate surface area is 170 Å². The lowest BCUT2D eigenvalue weighted by molar-refractivity contribution is 0.0969. The topological polar surface area (TPSA) is 35.5 Å². The predicted octanol–water partition coefficient (Wildman–Crippen LogP) is 7.13. The lowest BCUT2D eigenvalue weighted by Crippen LogP contribution is -2.12. The molecule has 3 heteroatoms. The zero-order chi connectivity index (χ0) is 19.9. The van der Waals surface area contributed by atoms with Gasteiger partial charge in [0.15, 0.2) is 0 Å². The van der Waals surface area contributed by atoms with Crippen LogP contribution in [0.2, 0.25) is 0 Å². The normalized spacial score (nSPS) is 10.6. The molecule has 0 aliphatic rings. The first-order chi connectivity index (χ1) is 13.8. The fraction of sp³-hybridized carbons (Fsp3) is 0.480. The number of hydrogen-bond acceptors (Lipinski definition) is 3. The summed E-state index contributed by atoms with van der Waals surface area (Å²) in [7, 11) is 0. The van der Waals surface area contributed by atoms with Gasteiger partial charge in [-0.15, -0.1) is 0 Å². The van der Waals surface area contributed by atoms with Crippen LogP contribution in [0.4, 0.5) is 4.79 Å². The van der Waals surface area contributed by atoms with Crippen molar-refractivity contribution in [2.24, 2.45) is 0 Å². The molecule has 0 N–H and O–H groups in total. The molecule has 152 valence electrons. The van der Waals surface area contributed by atoms with E-state index in [1.54, 1.807) is 0 Å². The standard InChI is InChI=1S/C25H34O3/c1-2-3-18-23-19-12-13-20-24(23)28-25(26)27-21-14-7-5-4-6-9-15-22-16-10-8-11-17-22/h8,10-13,16-17,19-20H,2-7,9,14-15,18,21H2,1H3. The molecule has 0 spiro atoms. The van der Waals surface area contributed by atoms with E-state index in [2.05, 4.69) is 37.3 Å². The second-order valence-corrected chi connectivity index (χ2v) is 7.27. The van der Waals surface area contributed by atoms with Gasteiger partial charge < -0.3 is 9.47 Å². The van der Waals surface area contributed by atoms with E-state index in [9.17, 15) is 4.79 Å². The summed E-state index contributed by atoms with van der Waals surface area (Å²) in [5.74, 6) is 0.624. The van der Waals surface area contributed by atoms with Gasteiger partial charge >= 0.3 is 6.16 Å². The highest BCUT2D eigenvalue weighted by molar-refractivity contribution is 5.64. The Balaban J connectivity index is 1.50. The van der Waals surface area contributed by atoms with Crippen molar-refractivity contribution in [1.29, 1.82) is 0 Å². The first-order valence-electron chi connectivity index (χ1n) is 10.8. The average molecular weight is 383 g/mol. The summed E-state index contributed by atoms with van der Waals surface area (Å²) >= 11 is 0. The van der Waals surface area contributed by atoms with E-state index in [0.29, 0.717) is 12.4 Å². The minimum absolute atomic E-state index is 0.431. The van der Waals surface area contributed by atoms with Crippen LogP contribution in [0.5, 0.6) is 5.75 Å². The fourth-order valence-electron chi connectivity index (χ4n) is 3.23. The molecular formula is C25H34O3. The maximum atomic E-state index is 11.9. The molecule has 0 unspecified atom stereocenters. The Morgan fingerprint density at radius 3 is 2.21 bits per heavy atom. The molecule has 2 aromatic rings. The van der Waals surface area contributed by atoms with Crippen LogP contribution >= 0.6 is 0 Å². The van der Waals surface area contributed by atoms with Crippen LogP contribution in [0.3, 0.4) is 0 Å². The molecule has 0 fully saturated rings. The molecule has 0 amide bonds. The van der Waals surface area contributed by atoms with Crippen molar-refractivity contribution in [3.8, 4) is 5.75 Å². The number of ether oxygens (including phenoxy) is 2. The van der Waals surface area contributed by atoms with Crippen molar-refractivity contribution in [3.05, 3.63) is 65.7 Å². The molecule has 0 saturated heterocycles. The molecule has 0 atom stereocenters. The van der Waals surface area contributed by atoms with Crippen LogP contribution in [-0.4, -0.2) is 12.8 Å². The third-order valence-electron chi connectivity index (χ3n) is 4.89. The molecule has 0 radical (unpaired) electrons. The molecule has 28 heavy (non-hydrogen) atoms. The van der Waals surface area contributed by atoms with E-state index < -0.39 is 6.16 Å². The van der Waals surface area contributed by atoms with Crippen LogP contribution in [0.25, 0.3) is 0 Å². The van der Waals surface area contributed by atoms with E-state index in [4.69, 9.17) is 9.47 Å². The van der Waals surface area contributed by atoms with E-state index in [1.165, 1.54) is 31.2 Å². The Kier molecular flexibility index (Phi) is 10.9. The average Bonchev–Trinajstić information content (AvgIpc) is 2.72. The number of unbranched alkanes of at least 4 members (excludes halogenated alkanes) is 6. The van der Waals surface area contributed by atoms with Gasteiger partial charge in [0.25, 0.3) is 0 Å². The summed E-state index contributed by atoms with van der Waals surface area (Å²) in [6.45, 7) is 2.58. The summed E-state index contributed by atoms with van der Waals surface area (Å²) in [5.41, 5.74) is 2.49. The van der Waals surface area contributed by atoms with Gasteiger partial charge in [0.1, 0.15) is 5.75 Å². The fourth-order valence-corrected chi connectivity index (χ4v) is 3.23. The van der Waals surface area contributed by atoms with Gasteiger partial charge in [0.05, 0.1) is 6.61 Å². The predicted molar refractivity (Wildman–Crippen MR) is 115 cm³/mol. The van der Waals surface area contributed by atoms with Crippen molar-refractivity contribution in [1.82, 2.24) is 0 Å². The van der Waals surface area contributed by atoms with Crippen LogP contribution < -0.4 is 4.74 Å². The smallest absolute Gasteiger partial charge is 0.434 e. The van der Waals surface area contributed by atoms with Crippen LogP contribution in [0.1, 0.15) is 69.4 Å². The van der Waals surface area contributed by atoms with Crippen molar-refractivity contribution in [2.45, 2.75) is 71.1 Å². The Hall–Kier alpha value is -2.29. The summed E-state index contributed by atoms with van der Waals surface area (Å²) in [4.78, 5) is 11.9. The van der Waals surface area contributed by atoms with E-state index >= 15 is 0 Å². The summed E-state index contributed by atoms with van der Waals surface area (Å²) < 4.78 is 10.6. The first-order valence-corrected chi connectivity index (χ1v) is 10.8. The molecule has 0 aliphatic heterocycles. The van der Waals surface area contributed by atoms with Crippen molar-refractivity contribution in [2.75, 3.05) is 6.61 Å². The number of aryl methyl sites for hydroxylation is 2. The van der Waals surface area contributed by atoms with Gasteiger partial charge in [-0.05, 0) is 49.3 Å². The Morgan fingerprint density at radius 1 is 0.750 bits per heavy atom. The van der Waals surface area contributed by atoms with E-state index in [0.717, 1.165) is 44.1 Å². The van der Waals surface area contributed by atoms with Gasteiger partial charge in [-0.2, -0.15) is 0 Å². The SMILES string of the molecule is CCCCc1ccccc1OC(=O)OCCCCCCCCc1ccccc1. The molecule has 0 aromatic heterocycles. The first kappa shape index (κ1) is 22.0. The zero-order valence-electron chi connectivity index (χ0n) is 17.2. The largest absolute Gasteiger partial charge is 0.513 e. The zero-order valence-corrected chi connectivity index (χ0v) is 17.2. The van der Waals surface area contributed by atoms with Gasteiger partial charge in [-0.1, -0.05) is 87.6 Å². The van der Waals surface area contributed by atoms with Gasteiger partial charge in [0, 0.05) is 0 Å². The number of carbonyl (C=O) groups excluding carboxylic acids is 1. The summed E-state index contributed by atoms with van der Waals surface area (Å²) in [5, 5.41) is 0. The highest BCUT2D eigenvalue weighted by Gasteiger charge is 2.09. The molecule has 0 bridgehead atoms. The molecule has 0 heterocycles. The van der Waals surface area contributed by atoms with Crippen molar-refractivity contribution < 1.29 is 14.3 Å². The van der Waals surface area contributed by atoms with Crippen LogP contribution in [0, 0.1) is 0 Å². The Morgan fingerprint density at radius 2 is 1.43 bits per heavy atom.